The fourth-order valence-electron chi connectivity index (χ4n) is 1.94. The van der Waals surface area contributed by atoms with Crippen molar-refractivity contribution in [3.8, 4) is 0 Å². The average molecular weight is 249 g/mol. The molecule has 18 heavy (non-hydrogen) atoms. The highest BCUT2D eigenvalue weighted by Gasteiger charge is 2.09. The van der Waals surface area contributed by atoms with Crippen molar-refractivity contribution in [2.24, 2.45) is 7.05 Å². The maximum Gasteiger partial charge on any atom is 0.312 e. The molecule has 0 aromatic carbocycles. The topological polar surface area (TPSA) is 31.2 Å². The highest BCUT2D eigenvalue weighted by molar-refractivity contribution is 5.72. The minimum Gasteiger partial charge on any atom is -0.461 e. The van der Waals surface area contributed by atoms with Crippen molar-refractivity contribution < 1.29 is 9.53 Å². The summed E-state index contributed by atoms with van der Waals surface area (Å²) in [5.74, 6) is -0.198. The maximum absolute atomic E-state index is 11.5. The number of carbonyl (C=O) groups is 1. The third kappa shape index (κ3) is 4.40. The van der Waals surface area contributed by atoms with E-state index in [9.17, 15) is 4.79 Å². The van der Waals surface area contributed by atoms with E-state index in [0.717, 1.165) is 12.1 Å². The molecule has 3 heteroatoms. The average Bonchev–Trinajstić information content (AvgIpc) is 2.69. The molecule has 0 N–H and O–H groups in total. The van der Waals surface area contributed by atoms with Gasteiger partial charge < -0.3 is 9.30 Å². The van der Waals surface area contributed by atoms with Crippen LogP contribution in [0.1, 0.15) is 37.6 Å². The van der Waals surface area contributed by atoms with Crippen molar-refractivity contribution in [3.63, 3.8) is 0 Å². The molecule has 0 aliphatic rings. The fourth-order valence-corrected chi connectivity index (χ4v) is 1.94. The van der Waals surface area contributed by atoms with E-state index in [2.05, 4.69) is 24.1 Å². The molecule has 0 bridgehead atoms. The molecule has 1 heterocycles. The van der Waals surface area contributed by atoms with E-state index >= 15 is 0 Å². The predicted octanol–water partition coefficient (Wildman–Crippen LogP) is 3.03. The SMILES string of the molecule is C=CCOC(=O)Cc1ccc(CCCCC)n1C. The molecule has 0 radical (unpaired) electrons. The molecule has 1 aromatic rings. The Labute approximate surface area is 109 Å². The van der Waals surface area contributed by atoms with Gasteiger partial charge in [0, 0.05) is 18.4 Å². The zero-order chi connectivity index (χ0) is 13.4. The van der Waals surface area contributed by atoms with Crippen LogP contribution in [0.15, 0.2) is 24.8 Å². The van der Waals surface area contributed by atoms with Gasteiger partial charge in [-0.05, 0) is 25.0 Å². The number of rotatable bonds is 8. The lowest BCUT2D eigenvalue weighted by molar-refractivity contribution is -0.141. The second-order valence-corrected chi connectivity index (χ2v) is 4.48. The van der Waals surface area contributed by atoms with E-state index in [4.69, 9.17) is 4.74 Å². The van der Waals surface area contributed by atoms with Crippen LogP contribution in [0.3, 0.4) is 0 Å². The summed E-state index contributed by atoms with van der Waals surface area (Å²) in [6, 6.07) is 4.11. The number of hydrogen-bond donors (Lipinski definition) is 0. The molecule has 100 valence electrons. The zero-order valence-corrected chi connectivity index (χ0v) is 11.4. The number of nitrogens with zero attached hydrogens (tertiary/aromatic N) is 1. The summed E-state index contributed by atoms with van der Waals surface area (Å²) in [5.41, 5.74) is 2.30. The molecule has 0 amide bonds. The van der Waals surface area contributed by atoms with E-state index in [0.29, 0.717) is 6.42 Å². The Kier molecular flexibility index (Phi) is 6.26. The Hall–Kier alpha value is -1.51. The van der Waals surface area contributed by atoms with Crippen LogP contribution in [0, 0.1) is 0 Å². The minimum absolute atomic E-state index is 0.198. The molecule has 0 unspecified atom stereocenters. The fraction of sp³-hybridized carbons (Fsp3) is 0.533. The monoisotopic (exact) mass is 249 g/mol. The van der Waals surface area contributed by atoms with Gasteiger partial charge in [0.15, 0.2) is 0 Å². The van der Waals surface area contributed by atoms with Crippen LogP contribution >= 0.6 is 0 Å². The van der Waals surface area contributed by atoms with Gasteiger partial charge in [-0.2, -0.15) is 0 Å². The molecule has 0 aliphatic heterocycles. The van der Waals surface area contributed by atoms with Gasteiger partial charge in [-0.25, -0.2) is 0 Å². The third-order valence-electron chi connectivity index (χ3n) is 3.05. The first-order chi connectivity index (χ1) is 8.69. The molecule has 3 nitrogen and oxygen atoms in total. The summed E-state index contributed by atoms with van der Waals surface area (Å²) in [6.45, 7) is 6.01. The van der Waals surface area contributed by atoms with Crippen LogP contribution in [-0.2, 0) is 29.4 Å². The molecular weight excluding hydrogens is 226 g/mol. The first-order valence-electron chi connectivity index (χ1n) is 6.59. The molecule has 1 aromatic heterocycles. The van der Waals surface area contributed by atoms with Gasteiger partial charge in [0.1, 0.15) is 6.61 Å². The second kappa shape index (κ2) is 7.75. The number of aromatic nitrogens is 1. The van der Waals surface area contributed by atoms with Gasteiger partial charge in [-0.15, -0.1) is 0 Å². The molecule has 0 aliphatic carbocycles. The van der Waals surface area contributed by atoms with Crippen LogP contribution in [-0.4, -0.2) is 17.1 Å². The van der Waals surface area contributed by atoms with Crippen molar-refractivity contribution in [1.82, 2.24) is 4.57 Å². The minimum atomic E-state index is -0.198. The number of aryl methyl sites for hydroxylation is 1. The zero-order valence-electron chi connectivity index (χ0n) is 11.4. The number of hydrogen-bond acceptors (Lipinski definition) is 2. The van der Waals surface area contributed by atoms with E-state index in [1.54, 1.807) is 6.08 Å². The first kappa shape index (κ1) is 14.6. The standard InChI is InChI=1S/C15H23NO2/c1-4-6-7-8-13-9-10-14(16(13)3)12-15(17)18-11-5-2/h5,9-10H,2,4,6-8,11-12H2,1,3H3. The molecule has 1 rings (SSSR count). The summed E-state index contributed by atoms with van der Waals surface area (Å²) >= 11 is 0. The van der Waals surface area contributed by atoms with Crippen molar-refractivity contribution in [1.29, 1.82) is 0 Å². The lowest BCUT2D eigenvalue weighted by Gasteiger charge is -2.07. The lowest BCUT2D eigenvalue weighted by Crippen LogP contribution is -2.11. The van der Waals surface area contributed by atoms with Crippen LogP contribution in [0.25, 0.3) is 0 Å². The summed E-state index contributed by atoms with van der Waals surface area (Å²) < 4.78 is 7.09. The van der Waals surface area contributed by atoms with Gasteiger partial charge in [0.05, 0.1) is 6.42 Å². The van der Waals surface area contributed by atoms with Crippen LogP contribution in [0.2, 0.25) is 0 Å². The summed E-state index contributed by atoms with van der Waals surface area (Å²) in [7, 11) is 2.01. The highest BCUT2D eigenvalue weighted by atomic mass is 16.5. The van der Waals surface area contributed by atoms with Gasteiger partial charge in [0.2, 0.25) is 0 Å². The molecule has 0 spiro atoms. The molecule has 0 saturated heterocycles. The summed E-state index contributed by atoms with van der Waals surface area (Å²) in [6.07, 6.45) is 6.67. The Morgan fingerprint density at radius 2 is 2.11 bits per heavy atom. The largest absolute Gasteiger partial charge is 0.461 e. The highest BCUT2D eigenvalue weighted by Crippen LogP contribution is 2.12. The maximum atomic E-state index is 11.5. The van der Waals surface area contributed by atoms with Crippen molar-refractivity contribution in [2.45, 2.75) is 39.0 Å². The van der Waals surface area contributed by atoms with E-state index in [1.807, 2.05) is 13.1 Å². The molecular formula is C15H23NO2. The molecule has 0 fully saturated rings. The Morgan fingerprint density at radius 1 is 1.39 bits per heavy atom. The Morgan fingerprint density at radius 3 is 2.78 bits per heavy atom. The lowest BCUT2D eigenvalue weighted by atomic mass is 10.1. The van der Waals surface area contributed by atoms with E-state index in [1.165, 1.54) is 25.0 Å². The van der Waals surface area contributed by atoms with Crippen LogP contribution in [0.4, 0.5) is 0 Å². The molecule has 0 atom stereocenters. The number of ether oxygens (including phenoxy) is 1. The predicted molar refractivity (Wildman–Crippen MR) is 73.5 cm³/mol. The summed E-state index contributed by atoms with van der Waals surface area (Å²) in [4.78, 5) is 11.5. The molecule has 0 saturated carbocycles. The van der Waals surface area contributed by atoms with Crippen LogP contribution < -0.4 is 0 Å². The first-order valence-corrected chi connectivity index (χ1v) is 6.59. The number of esters is 1. The van der Waals surface area contributed by atoms with Gasteiger partial charge in [-0.1, -0.05) is 32.4 Å². The van der Waals surface area contributed by atoms with E-state index < -0.39 is 0 Å². The van der Waals surface area contributed by atoms with Crippen LogP contribution in [0.5, 0.6) is 0 Å². The number of unbranched alkanes of at least 4 members (excludes halogenated alkanes) is 2. The second-order valence-electron chi connectivity index (χ2n) is 4.48. The third-order valence-corrected chi connectivity index (χ3v) is 3.05. The number of carbonyl (C=O) groups excluding carboxylic acids is 1. The Balaban J connectivity index is 2.51. The smallest absolute Gasteiger partial charge is 0.312 e. The van der Waals surface area contributed by atoms with Crippen molar-refractivity contribution in [2.75, 3.05) is 6.61 Å². The normalized spacial score (nSPS) is 10.3. The van der Waals surface area contributed by atoms with E-state index in [-0.39, 0.29) is 12.6 Å². The van der Waals surface area contributed by atoms with Gasteiger partial charge in [0.25, 0.3) is 0 Å². The van der Waals surface area contributed by atoms with Gasteiger partial charge in [-0.3, -0.25) is 4.79 Å². The quantitative estimate of drug-likeness (QED) is 0.403. The van der Waals surface area contributed by atoms with Gasteiger partial charge >= 0.3 is 5.97 Å². The summed E-state index contributed by atoms with van der Waals surface area (Å²) in [5, 5.41) is 0. The van der Waals surface area contributed by atoms with Crippen molar-refractivity contribution >= 4 is 5.97 Å². The van der Waals surface area contributed by atoms with Crippen molar-refractivity contribution in [3.05, 3.63) is 36.2 Å². The Bertz CT molecular complexity index is 393.